The number of nitrogens with one attached hydrogen (secondary N) is 3. The van der Waals surface area contributed by atoms with Crippen molar-refractivity contribution >= 4 is 17.6 Å². The molecule has 0 aliphatic carbocycles. The van der Waals surface area contributed by atoms with E-state index in [0.717, 1.165) is 17.7 Å². The number of halogens is 1. The molecule has 2 aromatic rings. The lowest BCUT2D eigenvalue weighted by Crippen LogP contribution is -2.42. The maximum atomic E-state index is 12.9. The molecule has 6 nitrogen and oxygen atoms in total. The lowest BCUT2D eigenvalue weighted by molar-refractivity contribution is -0.115. The Labute approximate surface area is 158 Å². The minimum atomic E-state index is -0.346. The highest BCUT2D eigenvalue weighted by Crippen LogP contribution is 2.19. The molecule has 0 spiro atoms. The summed E-state index contributed by atoms with van der Waals surface area (Å²) in [6.07, 6.45) is 0.757. The van der Waals surface area contributed by atoms with Gasteiger partial charge in [0.05, 0.1) is 13.7 Å². The van der Waals surface area contributed by atoms with Crippen LogP contribution in [0.3, 0.4) is 0 Å². The van der Waals surface area contributed by atoms with Crippen molar-refractivity contribution in [1.29, 1.82) is 0 Å². The van der Waals surface area contributed by atoms with Crippen LogP contribution in [-0.2, 0) is 11.2 Å². The number of methoxy groups -OCH3 is 1. The summed E-state index contributed by atoms with van der Waals surface area (Å²) in [5.41, 5.74) is 2.82. The molecule has 0 radical (unpaired) electrons. The van der Waals surface area contributed by atoms with Crippen molar-refractivity contribution in [2.75, 3.05) is 32.6 Å². The van der Waals surface area contributed by atoms with Gasteiger partial charge in [0, 0.05) is 19.3 Å². The fraction of sp³-hybridized carbons (Fsp3) is 0.300. The minimum Gasteiger partial charge on any atom is -0.496 e. The van der Waals surface area contributed by atoms with Crippen molar-refractivity contribution in [3.63, 3.8) is 0 Å². The van der Waals surface area contributed by atoms with Gasteiger partial charge in [-0.05, 0) is 49.2 Å². The van der Waals surface area contributed by atoms with Crippen molar-refractivity contribution in [3.8, 4) is 5.75 Å². The van der Waals surface area contributed by atoms with Crippen molar-refractivity contribution in [1.82, 2.24) is 10.6 Å². The van der Waals surface area contributed by atoms with Gasteiger partial charge < -0.3 is 20.7 Å². The summed E-state index contributed by atoms with van der Waals surface area (Å²) in [7, 11) is 3.29. The van der Waals surface area contributed by atoms with E-state index in [-0.39, 0.29) is 18.3 Å². The quantitative estimate of drug-likeness (QED) is 0.516. The zero-order valence-electron chi connectivity index (χ0n) is 15.8. The van der Waals surface area contributed by atoms with Crippen molar-refractivity contribution in [2.24, 2.45) is 4.99 Å². The molecule has 0 saturated heterocycles. The van der Waals surface area contributed by atoms with E-state index in [0.29, 0.717) is 18.2 Å². The smallest absolute Gasteiger partial charge is 0.243 e. The summed E-state index contributed by atoms with van der Waals surface area (Å²) in [5.74, 6) is 0.783. The first-order valence-electron chi connectivity index (χ1n) is 8.65. The second kappa shape index (κ2) is 10.2. The monoisotopic (exact) mass is 372 g/mol. The minimum absolute atomic E-state index is 0.0464. The van der Waals surface area contributed by atoms with Gasteiger partial charge in [0.2, 0.25) is 5.91 Å². The summed E-state index contributed by atoms with van der Waals surface area (Å²) < 4.78 is 18.3. The van der Waals surface area contributed by atoms with Crippen LogP contribution >= 0.6 is 0 Å². The predicted molar refractivity (Wildman–Crippen MR) is 106 cm³/mol. The highest BCUT2D eigenvalue weighted by atomic mass is 19.1. The van der Waals surface area contributed by atoms with Crippen LogP contribution < -0.4 is 20.7 Å². The van der Waals surface area contributed by atoms with Crippen LogP contribution in [0.25, 0.3) is 0 Å². The third-order valence-electron chi connectivity index (χ3n) is 3.89. The highest BCUT2D eigenvalue weighted by molar-refractivity contribution is 5.94. The number of rotatable bonds is 7. The second-order valence-corrected chi connectivity index (χ2v) is 5.97. The van der Waals surface area contributed by atoms with Gasteiger partial charge in [-0.1, -0.05) is 17.7 Å². The molecule has 1 amide bonds. The van der Waals surface area contributed by atoms with Crippen LogP contribution in [-0.4, -0.2) is 39.1 Å². The Kier molecular flexibility index (Phi) is 7.61. The zero-order chi connectivity index (χ0) is 19.6. The Hall–Kier alpha value is -3.09. The fourth-order valence-corrected chi connectivity index (χ4v) is 2.54. The average Bonchev–Trinajstić information content (AvgIpc) is 2.66. The molecule has 0 heterocycles. The van der Waals surface area contributed by atoms with Gasteiger partial charge in [-0.25, -0.2) is 4.39 Å². The fourth-order valence-electron chi connectivity index (χ4n) is 2.54. The molecule has 7 heteroatoms. The number of anilines is 1. The number of hydrogen-bond donors (Lipinski definition) is 3. The molecule has 2 aromatic carbocycles. The van der Waals surface area contributed by atoms with Gasteiger partial charge in [0.15, 0.2) is 5.96 Å². The molecule has 0 aliphatic rings. The van der Waals surface area contributed by atoms with E-state index >= 15 is 0 Å². The Morgan fingerprint density at radius 2 is 1.89 bits per heavy atom. The zero-order valence-corrected chi connectivity index (χ0v) is 15.8. The van der Waals surface area contributed by atoms with Gasteiger partial charge in [0.1, 0.15) is 11.6 Å². The first kappa shape index (κ1) is 20.2. The van der Waals surface area contributed by atoms with Crippen LogP contribution in [0.4, 0.5) is 10.1 Å². The molecule has 0 aromatic heterocycles. The normalized spacial score (nSPS) is 11.0. The molecular formula is C20H25FN4O2. The van der Waals surface area contributed by atoms with Gasteiger partial charge in [-0.3, -0.25) is 9.79 Å². The number of carbonyl (C=O) groups excluding carboxylic acids is 1. The Bertz CT molecular complexity index is 791. The number of aryl methyl sites for hydroxylation is 1. The molecule has 144 valence electrons. The third-order valence-corrected chi connectivity index (χ3v) is 3.89. The maximum Gasteiger partial charge on any atom is 0.243 e. The first-order chi connectivity index (χ1) is 13.0. The van der Waals surface area contributed by atoms with Crippen molar-refractivity contribution in [2.45, 2.75) is 13.3 Å². The SMILES string of the molecule is CN=C(NCCc1cc(C)ccc1OC)NCC(=O)Nc1ccc(F)cc1. The van der Waals surface area contributed by atoms with Crippen LogP contribution in [0, 0.1) is 12.7 Å². The molecule has 3 N–H and O–H groups in total. The van der Waals surface area contributed by atoms with E-state index < -0.39 is 0 Å². The lowest BCUT2D eigenvalue weighted by atomic mass is 10.1. The Morgan fingerprint density at radius 3 is 2.56 bits per heavy atom. The van der Waals surface area contributed by atoms with E-state index in [1.54, 1.807) is 14.2 Å². The van der Waals surface area contributed by atoms with Crippen LogP contribution in [0.2, 0.25) is 0 Å². The number of nitrogens with zero attached hydrogens (tertiary/aromatic N) is 1. The summed E-state index contributed by atoms with van der Waals surface area (Å²) in [6, 6.07) is 11.7. The predicted octanol–water partition coefficient (Wildman–Crippen LogP) is 2.49. The maximum absolute atomic E-state index is 12.9. The topological polar surface area (TPSA) is 74.8 Å². The molecular weight excluding hydrogens is 347 g/mol. The number of carbonyl (C=O) groups is 1. The van der Waals surface area contributed by atoms with Gasteiger partial charge in [0.25, 0.3) is 0 Å². The number of benzene rings is 2. The number of aliphatic imine (C=N–C) groups is 1. The highest BCUT2D eigenvalue weighted by Gasteiger charge is 2.06. The number of guanidine groups is 1. The van der Waals surface area contributed by atoms with Gasteiger partial charge >= 0.3 is 0 Å². The molecule has 27 heavy (non-hydrogen) atoms. The molecule has 0 aliphatic heterocycles. The number of ether oxygens (including phenoxy) is 1. The summed E-state index contributed by atoms with van der Waals surface area (Å²) >= 11 is 0. The standard InChI is InChI=1S/C20H25FN4O2/c1-14-4-9-18(27-3)15(12-14)10-11-23-20(22-2)24-13-19(26)25-17-7-5-16(21)6-8-17/h4-9,12H,10-11,13H2,1-3H3,(H,25,26)(H2,22,23,24). The van der Waals surface area contributed by atoms with E-state index in [9.17, 15) is 9.18 Å². The molecule has 0 atom stereocenters. The van der Waals surface area contributed by atoms with Crippen molar-refractivity contribution in [3.05, 3.63) is 59.4 Å². The second-order valence-electron chi connectivity index (χ2n) is 5.97. The van der Waals surface area contributed by atoms with Crippen LogP contribution in [0.5, 0.6) is 5.75 Å². The van der Waals surface area contributed by atoms with Crippen molar-refractivity contribution < 1.29 is 13.9 Å². The summed E-state index contributed by atoms with van der Waals surface area (Å²) in [5, 5.41) is 8.80. The van der Waals surface area contributed by atoms with E-state index in [4.69, 9.17) is 4.74 Å². The lowest BCUT2D eigenvalue weighted by Gasteiger charge is -2.13. The molecule has 0 unspecified atom stereocenters. The van der Waals surface area contributed by atoms with Gasteiger partial charge in [-0.2, -0.15) is 0 Å². The molecule has 2 rings (SSSR count). The van der Waals surface area contributed by atoms with Gasteiger partial charge in [-0.15, -0.1) is 0 Å². The number of amides is 1. The third kappa shape index (κ3) is 6.62. The van der Waals surface area contributed by atoms with Crippen LogP contribution in [0.1, 0.15) is 11.1 Å². The molecule has 0 saturated carbocycles. The average molecular weight is 372 g/mol. The first-order valence-corrected chi connectivity index (χ1v) is 8.65. The largest absolute Gasteiger partial charge is 0.496 e. The molecule has 0 fully saturated rings. The Morgan fingerprint density at radius 1 is 1.15 bits per heavy atom. The number of hydrogen-bond acceptors (Lipinski definition) is 3. The summed E-state index contributed by atoms with van der Waals surface area (Å²) in [6.45, 7) is 2.72. The Balaban J connectivity index is 1.78. The van der Waals surface area contributed by atoms with E-state index in [1.807, 2.05) is 19.1 Å². The van der Waals surface area contributed by atoms with Crippen LogP contribution in [0.15, 0.2) is 47.5 Å². The van der Waals surface area contributed by atoms with E-state index in [1.165, 1.54) is 29.8 Å². The molecule has 0 bridgehead atoms. The van der Waals surface area contributed by atoms with E-state index in [2.05, 4.69) is 27.0 Å². The summed E-state index contributed by atoms with van der Waals surface area (Å²) in [4.78, 5) is 16.1.